The van der Waals surface area contributed by atoms with E-state index in [0.717, 1.165) is 0 Å². The van der Waals surface area contributed by atoms with Gasteiger partial charge in [0.25, 0.3) is 5.91 Å². The first-order valence-electron chi connectivity index (χ1n) is 8.29. The highest BCUT2D eigenvalue weighted by Gasteiger charge is 2.13. The normalized spacial score (nSPS) is 10.7. The van der Waals surface area contributed by atoms with E-state index in [-0.39, 0.29) is 21.9 Å². The molecule has 5 nitrogen and oxygen atoms in total. The number of hydrogen-bond donors (Lipinski definition) is 1. The highest BCUT2D eigenvalue weighted by molar-refractivity contribution is 6.36. The van der Waals surface area contributed by atoms with Crippen LogP contribution in [-0.2, 0) is 0 Å². The number of esters is 1. The minimum absolute atomic E-state index is 0.118. The van der Waals surface area contributed by atoms with Gasteiger partial charge >= 0.3 is 5.97 Å². The lowest BCUT2D eigenvalue weighted by Gasteiger charge is -2.07. The van der Waals surface area contributed by atoms with Crippen molar-refractivity contribution in [3.8, 4) is 5.75 Å². The van der Waals surface area contributed by atoms with Gasteiger partial charge in [-0.25, -0.2) is 14.6 Å². The lowest BCUT2D eigenvalue weighted by Crippen LogP contribution is -2.18. The van der Waals surface area contributed by atoms with Crippen LogP contribution >= 0.6 is 23.2 Å². The molecule has 8 heteroatoms. The maximum Gasteiger partial charge on any atom is 0.345 e. The van der Waals surface area contributed by atoms with Crippen molar-refractivity contribution in [1.29, 1.82) is 0 Å². The van der Waals surface area contributed by atoms with Gasteiger partial charge in [-0.2, -0.15) is 5.10 Å². The summed E-state index contributed by atoms with van der Waals surface area (Å²) in [5.41, 5.74) is 2.84. The van der Waals surface area contributed by atoms with Gasteiger partial charge in [-0.05, 0) is 48.0 Å². The fourth-order valence-corrected chi connectivity index (χ4v) is 2.83. The van der Waals surface area contributed by atoms with Gasteiger partial charge in [0.2, 0.25) is 0 Å². The summed E-state index contributed by atoms with van der Waals surface area (Å²) in [7, 11) is 0. The minimum Gasteiger partial charge on any atom is -0.423 e. The third-order valence-corrected chi connectivity index (χ3v) is 4.27. The molecule has 0 heterocycles. The Labute approximate surface area is 175 Å². The number of amides is 1. The number of halogens is 3. The smallest absolute Gasteiger partial charge is 0.345 e. The zero-order valence-electron chi connectivity index (χ0n) is 14.7. The Hall–Kier alpha value is -3.22. The first kappa shape index (κ1) is 20.5. The third kappa shape index (κ3) is 5.40. The monoisotopic (exact) mass is 430 g/mol. The van der Waals surface area contributed by atoms with Crippen molar-refractivity contribution in [2.45, 2.75) is 0 Å². The highest BCUT2D eigenvalue weighted by Crippen LogP contribution is 2.23. The first-order valence-corrected chi connectivity index (χ1v) is 9.05. The van der Waals surface area contributed by atoms with Gasteiger partial charge in [-0.3, -0.25) is 4.79 Å². The Morgan fingerprint density at radius 2 is 1.76 bits per heavy atom. The third-order valence-electron chi connectivity index (χ3n) is 3.72. The number of benzene rings is 3. The van der Waals surface area contributed by atoms with Crippen molar-refractivity contribution < 1.29 is 18.7 Å². The van der Waals surface area contributed by atoms with Crippen molar-refractivity contribution >= 4 is 41.3 Å². The van der Waals surface area contributed by atoms with Gasteiger partial charge in [0.1, 0.15) is 11.6 Å². The van der Waals surface area contributed by atoms with Crippen LogP contribution in [0.4, 0.5) is 4.39 Å². The van der Waals surface area contributed by atoms with Crippen molar-refractivity contribution in [3.05, 3.63) is 99.3 Å². The summed E-state index contributed by atoms with van der Waals surface area (Å²) in [6, 6.07) is 16.5. The van der Waals surface area contributed by atoms with Gasteiger partial charge in [0.15, 0.2) is 0 Å². The number of carbonyl (C=O) groups is 2. The van der Waals surface area contributed by atoms with Crippen LogP contribution < -0.4 is 10.2 Å². The molecule has 0 atom stereocenters. The number of hydrogen-bond acceptors (Lipinski definition) is 4. The van der Waals surface area contributed by atoms with E-state index < -0.39 is 17.7 Å². The molecule has 3 aromatic rings. The zero-order chi connectivity index (χ0) is 20.8. The molecule has 146 valence electrons. The number of rotatable bonds is 5. The SMILES string of the molecule is O=C(N/N=C\c1cccc(OC(=O)c2ccc(Cl)cc2Cl)c1)c1ccccc1F. The molecule has 0 aliphatic heterocycles. The van der Waals surface area contributed by atoms with Crippen molar-refractivity contribution in [2.24, 2.45) is 5.10 Å². The van der Waals surface area contributed by atoms with Gasteiger partial charge in [0, 0.05) is 5.02 Å². The summed E-state index contributed by atoms with van der Waals surface area (Å²) < 4.78 is 18.9. The largest absolute Gasteiger partial charge is 0.423 e. The van der Waals surface area contributed by atoms with Gasteiger partial charge < -0.3 is 4.74 Å². The molecule has 0 aromatic heterocycles. The van der Waals surface area contributed by atoms with Crippen LogP contribution in [0.3, 0.4) is 0 Å². The molecule has 0 aliphatic rings. The fourth-order valence-electron chi connectivity index (χ4n) is 2.35. The molecule has 0 bridgehead atoms. The lowest BCUT2D eigenvalue weighted by molar-refractivity contribution is 0.0734. The summed E-state index contributed by atoms with van der Waals surface area (Å²) in [4.78, 5) is 24.2. The number of hydrazone groups is 1. The molecule has 3 aromatic carbocycles. The molecule has 3 rings (SSSR count). The van der Waals surface area contributed by atoms with Gasteiger partial charge in [-0.15, -0.1) is 0 Å². The maximum atomic E-state index is 13.6. The second-order valence-electron chi connectivity index (χ2n) is 5.77. The predicted octanol–water partition coefficient (Wildman–Crippen LogP) is 5.12. The van der Waals surface area contributed by atoms with Crippen LogP contribution in [-0.4, -0.2) is 18.1 Å². The molecule has 0 aliphatic carbocycles. The van der Waals surface area contributed by atoms with Gasteiger partial charge in [-0.1, -0.05) is 47.5 Å². The van der Waals surface area contributed by atoms with Crippen molar-refractivity contribution in [3.63, 3.8) is 0 Å². The summed E-state index contributed by atoms with van der Waals surface area (Å²) in [6.07, 6.45) is 1.34. The predicted molar refractivity (Wildman–Crippen MR) is 109 cm³/mol. The zero-order valence-corrected chi connectivity index (χ0v) is 16.2. The van der Waals surface area contributed by atoms with E-state index in [1.807, 2.05) is 0 Å². The lowest BCUT2D eigenvalue weighted by atomic mass is 10.2. The van der Waals surface area contributed by atoms with Crippen LogP contribution in [0.5, 0.6) is 5.75 Å². The second-order valence-corrected chi connectivity index (χ2v) is 6.61. The van der Waals surface area contributed by atoms with E-state index >= 15 is 0 Å². The Bertz CT molecular complexity index is 1100. The van der Waals surface area contributed by atoms with E-state index in [1.54, 1.807) is 30.3 Å². The van der Waals surface area contributed by atoms with E-state index in [9.17, 15) is 14.0 Å². The maximum absolute atomic E-state index is 13.6. The minimum atomic E-state index is -0.681. The summed E-state index contributed by atoms with van der Waals surface area (Å²) in [5, 5.41) is 4.38. The Morgan fingerprint density at radius 3 is 2.52 bits per heavy atom. The van der Waals surface area contributed by atoms with Crippen molar-refractivity contribution in [2.75, 3.05) is 0 Å². The molecule has 0 saturated heterocycles. The highest BCUT2D eigenvalue weighted by atomic mass is 35.5. The van der Waals surface area contributed by atoms with E-state index in [0.29, 0.717) is 10.6 Å². The second kappa shape index (κ2) is 9.32. The molecule has 0 spiro atoms. The molecule has 0 unspecified atom stereocenters. The standard InChI is InChI=1S/C21H13Cl2FN2O3/c22-14-8-9-16(18(23)11-14)21(28)29-15-5-3-4-13(10-15)12-25-26-20(27)17-6-1-2-7-19(17)24/h1-12H,(H,26,27)/b25-12-. The van der Waals surface area contributed by atoms with Crippen LogP contribution in [0.25, 0.3) is 0 Å². The number of ether oxygens (including phenoxy) is 1. The number of carbonyl (C=O) groups excluding carboxylic acids is 2. The molecule has 1 amide bonds. The van der Waals surface area contributed by atoms with Crippen LogP contribution in [0, 0.1) is 5.82 Å². The summed E-state index contributed by atoms with van der Waals surface area (Å²) in [6.45, 7) is 0. The van der Waals surface area contributed by atoms with Crippen LogP contribution in [0.15, 0.2) is 71.8 Å². The Kier molecular flexibility index (Phi) is 6.59. The Morgan fingerprint density at radius 1 is 0.966 bits per heavy atom. The average molecular weight is 431 g/mol. The van der Waals surface area contributed by atoms with Crippen molar-refractivity contribution in [1.82, 2.24) is 5.43 Å². The quantitative estimate of drug-likeness (QED) is 0.264. The number of nitrogens with one attached hydrogen (secondary N) is 1. The molecule has 0 saturated carbocycles. The van der Waals surface area contributed by atoms with E-state index in [4.69, 9.17) is 27.9 Å². The first-order chi connectivity index (χ1) is 13.9. The molecular weight excluding hydrogens is 418 g/mol. The molecular formula is C21H13Cl2FN2O3. The number of nitrogens with zero attached hydrogens (tertiary/aromatic N) is 1. The summed E-state index contributed by atoms with van der Waals surface area (Å²) in [5.74, 6) is -1.71. The van der Waals surface area contributed by atoms with Crippen LogP contribution in [0.2, 0.25) is 10.0 Å². The molecule has 0 fully saturated rings. The van der Waals surface area contributed by atoms with E-state index in [1.165, 1.54) is 42.6 Å². The summed E-state index contributed by atoms with van der Waals surface area (Å²) >= 11 is 11.8. The molecule has 1 N–H and O–H groups in total. The average Bonchev–Trinajstić information content (AvgIpc) is 2.68. The molecule has 29 heavy (non-hydrogen) atoms. The Balaban J connectivity index is 1.66. The van der Waals surface area contributed by atoms with Crippen LogP contribution in [0.1, 0.15) is 26.3 Å². The topological polar surface area (TPSA) is 67.8 Å². The molecule has 0 radical (unpaired) electrons. The fraction of sp³-hybridized carbons (Fsp3) is 0. The van der Waals surface area contributed by atoms with E-state index in [2.05, 4.69) is 10.5 Å². The van der Waals surface area contributed by atoms with Gasteiger partial charge in [0.05, 0.1) is 22.4 Å².